The fraction of sp³-hybridized carbons (Fsp3) is 0.333. The van der Waals surface area contributed by atoms with Crippen LogP contribution < -0.4 is 59.1 Å². The standard InChI is InChI=1S/C6H6O9S.2Na.2H/c7-2-14-5(9)1-4(16(11,12)13)6(10)15-3-8;;;;/h2-4H,1H2,(H,11,12,13);;;;/q;2*+1;2*-1. The van der Waals surface area contributed by atoms with Gasteiger partial charge in [-0.3, -0.25) is 23.7 Å². The van der Waals surface area contributed by atoms with Gasteiger partial charge in [-0.2, -0.15) is 8.42 Å². The van der Waals surface area contributed by atoms with E-state index in [1.165, 1.54) is 0 Å². The van der Waals surface area contributed by atoms with E-state index in [4.69, 9.17) is 4.55 Å². The number of hydrogen-bond acceptors (Lipinski definition) is 8. The first-order chi connectivity index (χ1) is 7.32. The van der Waals surface area contributed by atoms with E-state index in [1.54, 1.807) is 0 Å². The predicted molar refractivity (Wildman–Crippen MR) is 46.5 cm³/mol. The molecule has 0 spiro atoms. The van der Waals surface area contributed by atoms with Gasteiger partial charge in [0.2, 0.25) is 0 Å². The molecule has 1 unspecified atom stereocenters. The minimum Gasteiger partial charge on any atom is -1.00 e. The van der Waals surface area contributed by atoms with Crippen LogP contribution in [0.1, 0.15) is 9.27 Å². The minimum absolute atomic E-state index is 0. The van der Waals surface area contributed by atoms with Crippen molar-refractivity contribution in [3.63, 3.8) is 0 Å². The molecule has 0 aliphatic rings. The van der Waals surface area contributed by atoms with E-state index in [1.807, 2.05) is 0 Å². The summed E-state index contributed by atoms with van der Waals surface area (Å²) < 4.78 is 37.2. The predicted octanol–water partition coefficient (Wildman–Crippen LogP) is -7.73. The van der Waals surface area contributed by atoms with Gasteiger partial charge in [-0.1, -0.05) is 0 Å². The summed E-state index contributed by atoms with van der Waals surface area (Å²) in [5.41, 5.74) is 0. The molecule has 0 aromatic carbocycles. The maximum absolute atomic E-state index is 10.8. The van der Waals surface area contributed by atoms with Crippen molar-refractivity contribution in [2.45, 2.75) is 11.7 Å². The molecule has 94 valence electrons. The first-order valence-corrected chi connectivity index (χ1v) is 5.06. The molecule has 18 heavy (non-hydrogen) atoms. The molecule has 0 aromatic heterocycles. The number of rotatable bonds is 6. The van der Waals surface area contributed by atoms with Crippen molar-refractivity contribution in [2.75, 3.05) is 0 Å². The summed E-state index contributed by atoms with van der Waals surface area (Å²) in [5.74, 6) is -3.03. The molecule has 0 aliphatic carbocycles. The fourth-order valence-corrected chi connectivity index (χ4v) is 1.33. The SMILES string of the molecule is O=COC(=O)CC(C(=O)OC=O)S(=O)(=O)O.[H-].[H-].[Na+].[Na+]. The van der Waals surface area contributed by atoms with Gasteiger partial charge in [-0.15, -0.1) is 0 Å². The molecule has 1 N–H and O–H groups in total. The van der Waals surface area contributed by atoms with Crippen molar-refractivity contribution in [3.05, 3.63) is 0 Å². The largest absolute Gasteiger partial charge is 1.00 e. The van der Waals surface area contributed by atoms with Gasteiger partial charge in [0.25, 0.3) is 10.1 Å². The van der Waals surface area contributed by atoms with Crippen LogP contribution in [-0.4, -0.2) is 43.1 Å². The van der Waals surface area contributed by atoms with Crippen molar-refractivity contribution in [1.82, 2.24) is 0 Å². The zero-order valence-electron chi connectivity index (χ0n) is 11.6. The Morgan fingerprint density at radius 3 is 1.94 bits per heavy atom. The molecular weight excluding hydrogens is 294 g/mol. The van der Waals surface area contributed by atoms with E-state index >= 15 is 0 Å². The Kier molecular flexibility index (Phi) is 14.3. The first-order valence-electron chi connectivity index (χ1n) is 3.56. The zero-order valence-corrected chi connectivity index (χ0v) is 14.4. The summed E-state index contributed by atoms with van der Waals surface area (Å²) in [6.07, 6.45) is -1.15. The third kappa shape index (κ3) is 9.16. The van der Waals surface area contributed by atoms with Crippen molar-refractivity contribution in [1.29, 1.82) is 0 Å². The molecule has 0 bridgehead atoms. The van der Waals surface area contributed by atoms with Crippen LogP contribution in [-0.2, 0) is 38.8 Å². The fourth-order valence-electron chi connectivity index (χ4n) is 0.687. The van der Waals surface area contributed by atoms with E-state index in [-0.39, 0.29) is 74.9 Å². The molecule has 1 atom stereocenters. The van der Waals surface area contributed by atoms with E-state index in [0.29, 0.717) is 0 Å². The molecule has 12 heteroatoms. The van der Waals surface area contributed by atoms with E-state index < -0.39 is 33.7 Å². The summed E-state index contributed by atoms with van der Waals surface area (Å²) in [6.45, 7) is -0.653. The Morgan fingerprint density at radius 2 is 1.61 bits per heavy atom. The Hall–Kier alpha value is 0.190. The first kappa shape index (κ1) is 23.3. The summed E-state index contributed by atoms with van der Waals surface area (Å²) in [5, 5.41) is -2.31. The third-order valence-corrected chi connectivity index (χ3v) is 2.40. The maximum Gasteiger partial charge on any atom is 1.00 e. The average Bonchev–Trinajstić information content (AvgIpc) is 2.13. The van der Waals surface area contributed by atoms with Gasteiger partial charge in [0.1, 0.15) is 0 Å². The number of esters is 2. The van der Waals surface area contributed by atoms with E-state index in [2.05, 4.69) is 9.47 Å². The van der Waals surface area contributed by atoms with Crippen LogP contribution in [0, 0.1) is 0 Å². The van der Waals surface area contributed by atoms with Crippen molar-refractivity contribution in [3.8, 4) is 0 Å². The van der Waals surface area contributed by atoms with Gasteiger partial charge in [0.05, 0.1) is 6.42 Å². The van der Waals surface area contributed by atoms with Gasteiger partial charge in [-0.25, -0.2) is 0 Å². The number of hydrogen-bond donors (Lipinski definition) is 1. The Balaban J connectivity index is -0.000000187. The van der Waals surface area contributed by atoms with Crippen LogP contribution in [0.25, 0.3) is 0 Å². The van der Waals surface area contributed by atoms with Crippen LogP contribution >= 0.6 is 0 Å². The molecule has 0 radical (unpaired) electrons. The van der Waals surface area contributed by atoms with Crippen LogP contribution in [0.4, 0.5) is 0 Å². The normalized spacial score (nSPS) is 10.9. The van der Waals surface area contributed by atoms with Gasteiger partial charge in [0.15, 0.2) is 5.25 Å². The number of carbonyl (C=O) groups is 4. The van der Waals surface area contributed by atoms with Crippen molar-refractivity contribution in [2.24, 2.45) is 0 Å². The minimum atomic E-state index is -4.95. The van der Waals surface area contributed by atoms with Gasteiger partial charge >= 0.3 is 84.0 Å². The second kappa shape index (κ2) is 11.1. The second-order valence-corrected chi connectivity index (χ2v) is 3.93. The average molecular weight is 302 g/mol. The topological polar surface area (TPSA) is 141 Å². The smallest absolute Gasteiger partial charge is 1.00 e. The molecule has 0 aromatic rings. The van der Waals surface area contributed by atoms with Crippen LogP contribution in [0.3, 0.4) is 0 Å². The second-order valence-electron chi connectivity index (χ2n) is 2.33. The quantitative estimate of drug-likeness (QED) is 0.166. The monoisotopic (exact) mass is 302 g/mol. The Morgan fingerprint density at radius 1 is 1.17 bits per heavy atom. The molecule has 0 heterocycles. The van der Waals surface area contributed by atoms with Crippen LogP contribution in [0.2, 0.25) is 0 Å². The summed E-state index contributed by atoms with van der Waals surface area (Å²) in [6, 6.07) is 0. The van der Waals surface area contributed by atoms with E-state index in [9.17, 15) is 27.6 Å². The van der Waals surface area contributed by atoms with Crippen molar-refractivity contribution < 1.29 is 104 Å². The Bertz CT molecular complexity index is 413. The molecule has 0 amide bonds. The van der Waals surface area contributed by atoms with Crippen LogP contribution in [0.5, 0.6) is 0 Å². The summed E-state index contributed by atoms with van der Waals surface area (Å²) in [4.78, 5) is 41.0. The van der Waals surface area contributed by atoms with Gasteiger partial charge in [-0.05, 0) is 0 Å². The molecular formula is C6H8Na2O9S. The summed E-state index contributed by atoms with van der Waals surface area (Å²) in [7, 11) is -4.95. The molecule has 0 rings (SSSR count). The molecule has 0 saturated heterocycles. The molecule has 0 aliphatic heterocycles. The van der Waals surface area contributed by atoms with Crippen molar-refractivity contribution >= 4 is 35.0 Å². The van der Waals surface area contributed by atoms with Crippen LogP contribution in [0.15, 0.2) is 0 Å². The number of ether oxygens (including phenoxy) is 2. The van der Waals surface area contributed by atoms with E-state index in [0.717, 1.165) is 0 Å². The third-order valence-electron chi connectivity index (χ3n) is 1.32. The molecule has 0 saturated carbocycles. The number of carbonyl (C=O) groups excluding carboxylic acids is 4. The molecule has 9 nitrogen and oxygen atoms in total. The molecule has 0 fully saturated rings. The summed E-state index contributed by atoms with van der Waals surface area (Å²) >= 11 is 0. The zero-order chi connectivity index (χ0) is 12.8. The Labute approximate surface area is 149 Å². The van der Waals surface area contributed by atoms with Gasteiger partial charge < -0.3 is 12.3 Å². The van der Waals surface area contributed by atoms with Gasteiger partial charge in [0, 0.05) is 0 Å². The maximum atomic E-state index is 10.8.